The van der Waals surface area contributed by atoms with Crippen molar-refractivity contribution < 1.29 is 0 Å². The molecule has 0 bridgehead atoms. The third-order valence-corrected chi connectivity index (χ3v) is 3.00. The molecule has 0 amide bonds. The fourth-order valence-corrected chi connectivity index (χ4v) is 2.00. The van der Waals surface area contributed by atoms with Crippen LogP contribution in [0.5, 0.6) is 0 Å². The molecule has 1 aromatic heterocycles. The first-order chi connectivity index (χ1) is 5.83. The quantitative estimate of drug-likeness (QED) is 0.640. The average Bonchev–Trinajstić information content (AvgIpc) is 2.84. The zero-order valence-electron chi connectivity index (χ0n) is 7.13. The minimum absolute atomic E-state index is 0.691. The molecule has 0 spiro atoms. The molecule has 12 heavy (non-hydrogen) atoms. The lowest BCUT2D eigenvalue weighted by Gasteiger charge is -2.01. The van der Waals surface area contributed by atoms with Crippen molar-refractivity contribution in [3.8, 4) is 0 Å². The monoisotopic (exact) mass is 181 g/mol. The third kappa shape index (κ3) is 1.34. The third-order valence-electron chi connectivity index (χ3n) is 2.60. The van der Waals surface area contributed by atoms with Gasteiger partial charge in [0.1, 0.15) is 0 Å². The number of nitrogens with zero attached hydrogens (tertiary/aromatic N) is 1. The number of hydrogen-bond acceptors (Lipinski definition) is 1. The van der Waals surface area contributed by atoms with Gasteiger partial charge in [0.05, 0.1) is 0 Å². The van der Waals surface area contributed by atoms with E-state index in [2.05, 4.69) is 18.0 Å². The fourth-order valence-electron chi connectivity index (χ4n) is 1.66. The average molecular weight is 182 g/mol. The molecule has 2 unspecified atom stereocenters. The minimum Gasteiger partial charge on any atom is -0.264 e. The molecule has 0 radical (unpaired) electrons. The Morgan fingerprint density at radius 1 is 1.67 bits per heavy atom. The Labute approximate surface area is 77.8 Å². The van der Waals surface area contributed by atoms with Crippen LogP contribution in [0.2, 0.25) is 0 Å². The highest BCUT2D eigenvalue weighted by Crippen LogP contribution is 2.48. The van der Waals surface area contributed by atoms with Gasteiger partial charge < -0.3 is 0 Å². The molecule has 1 aliphatic rings. The summed E-state index contributed by atoms with van der Waals surface area (Å²) in [5, 5.41) is 0. The summed E-state index contributed by atoms with van der Waals surface area (Å²) >= 11 is 5.78. The van der Waals surface area contributed by atoms with Crippen LogP contribution in [0.3, 0.4) is 0 Å². The van der Waals surface area contributed by atoms with E-state index in [1.54, 1.807) is 0 Å². The molecule has 0 aliphatic heterocycles. The molecule has 2 rings (SSSR count). The maximum Gasteiger partial charge on any atom is 0.0305 e. The van der Waals surface area contributed by atoms with Crippen molar-refractivity contribution in [3.05, 3.63) is 29.6 Å². The highest BCUT2D eigenvalue weighted by Gasteiger charge is 2.38. The number of hydrogen-bond donors (Lipinski definition) is 0. The van der Waals surface area contributed by atoms with Crippen molar-refractivity contribution in [2.75, 3.05) is 5.88 Å². The summed E-state index contributed by atoms with van der Waals surface area (Å²) in [7, 11) is 0. The van der Waals surface area contributed by atoms with Crippen molar-refractivity contribution in [1.82, 2.24) is 4.98 Å². The van der Waals surface area contributed by atoms with Crippen LogP contribution in [0, 0.1) is 12.8 Å². The maximum absolute atomic E-state index is 5.78. The van der Waals surface area contributed by atoms with Gasteiger partial charge in [0.2, 0.25) is 0 Å². The summed E-state index contributed by atoms with van der Waals surface area (Å²) in [6.07, 6.45) is 5.07. The van der Waals surface area contributed by atoms with Crippen LogP contribution in [-0.2, 0) is 0 Å². The molecule has 2 heteroatoms. The molecule has 1 aromatic rings. The number of aromatic nitrogens is 1. The number of pyridine rings is 1. The lowest BCUT2D eigenvalue weighted by atomic mass is 10.1. The molecule has 0 N–H and O–H groups in total. The van der Waals surface area contributed by atoms with Crippen LogP contribution in [0.1, 0.15) is 23.5 Å². The molecule has 0 saturated heterocycles. The molecular weight excluding hydrogens is 170 g/mol. The van der Waals surface area contributed by atoms with Crippen LogP contribution in [-0.4, -0.2) is 10.9 Å². The topological polar surface area (TPSA) is 12.9 Å². The Hall–Kier alpha value is -0.560. The maximum atomic E-state index is 5.78. The molecular formula is C10H12ClN. The highest BCUT2D eigenvalue weighted by molar-refractivity contribution is 6.18. The first kappa shape index (κ1) is 8.06. The smallest absolute Gasteiger partial charge is 0.0305 e. The molecule has 2 atom stereocenters. The van der Waals surface area contributed by atoms with E-state index in [1.807, 2.05) is 12.4 Å². The summed E-state index contributed by atoms with van der Waals surface area (Å²) in [4.78, 5) is 4.13. The zero-order chi connectivity index (χ0) is 8.55. The lowest BCUT2D eigenvalue weighted by molar-refractivity contribution is 0.910. The van der Waals surface area contributed by atoms with Gasteiger partial charge in [-0.2, -0.15) is 0 Å². The first-order valence-corrected chi connectivity index (χ1v) is 4.83. The Balaban J connectivity index is 2.19. The predicted octanol–water partition coefficient (Wildman–Crippen LogP) is 2.73. The van der Waals surface area contributed by atoms with Gasteiger partial charge in [0.15, 0.2) is 0 Å². The van der Waals surface area contributed by atoms with E-state index < -0.39 is 0 Å². The number of rotatable bonds is 2. The van der Waals surface area contributed by atoms with Gasteiger partial charge >= 0.3 is 0 Å². The van der Waals surface area contributed by atoms with Crippen LogP contribution >= 0.6 is 11.6 Å². The molecule has 1 saturated carbocycles. The van der Waals surface area contributed by atoms with E-state index in [-0.39, 0.29) is 0 Å². The second-order valence-electron chi connectivity index (χ2n) is 3.49. The van der Waals surface area contributed by atoms with Gasteiger partial charge in [0, 0.05) is 18.3 Å². The summed E-state index contributed by atoms with van der Waals surface area (Å²) in [5.74, 6) is 2.18. The SMILES string of the molecule is Cc1ccncc1C1CC1CCl. The second-order valence-corrected chi connectivity index (χ2v) is 3.80. The standard InChI is InChI=1S/C10H12ClN/c1-7-2-3-12-6-10(7)9-4-8(9)5-11/h2-3,6,8-9H,4-5H2,1H3. The van der Waals surface area contributed by atoms with Crippen molar-refractivity contribution >= 4 is 11.6 Å². The van der Waals surface area contributed by atoms with Crippen molar-refractivity contribution in [2.24, 2.45) is 5.92 Å². The zero-order valence-corrected chi connectivity index (χ0v) is 7.88. The van der Waals surface area contributed by atoms with Crippen LogP contribution in [0.25, 0.3) is 0 Å². The molecule has 64 valence electrons. The predicted molar refractivity (Wildman–Crippen MR) is 50.5 cm³/mol. The molecule has 0 aromatic carbocycles. The van der Waals surface area contributed by atoms with Gasteiger partial charge in [0.25, 0.3) is 0 Å². The van der Waals surface area contributed by atoms with Crippen molar-refractivity contribution in [2.45, 2.75) is 19.3 Å². The van der Waals surface area contributed by atoms with Crippen LogP contribution in [0.15, 0.2) is 18.5 Å². The summed E-state index contributed by atoms with van der Waals surface area (Å²) in [6, 6.07) is 2.07. The number of alkyl halides is 1. The summed E-state index contributed by atoms with van der Waals surface area (Å²) in [6.45, 7) is 2.14. The van der Waals surface area contributed by atoms with E-state index in [4.69, 9.17) is 11.6 Å². The molecule has 1 fully saturated rings. The lowest BCUT2D eigenvalue weighted by Crippen LogP contribution is -1.89. The van der Waals surface area contributed by atoms with E-state index in [9.17, 15) is 0 Å². The highest BCUT2D eigenvalue weighted by atomic mass is 35.5. The van der Waals surface area contributed by atoms with Crippen LogP contribution in [0.4, 0.5) is 0 Å². The van der Waals surface area contributed by atoms with Gasteiger partial charge in [-0.25, -0.2) is 0 Å². The Bertz CT molecular complexity index is 285. The Morgan fingerprint density at radius 2 is 2.50 bits per heavy atom. The van der Waals surface area contributed by atoms with E-state index >= 15 is 0 Å². The second kappa shape index (κ2) is 3.06. The van der Waals surface area contributed by atoms with E-state index in [0.29, 0.717) is 11.8 Å². The van der Waals surface area contributed by atoms with Gasteiger partial charge in [-0.15, -0.1) is 11.6 Å². The van der Waals surface area contributed by atoms with E-state index in [1.165, 1.54) is 17.5 Å². The minimum atomic E-state index is 0.691. The largest absolute Gasteiger partial charge is 0.264 e. The molecule has 1 heterocycles. The summed E-state index contributed by atoms with van der Waals surface area (Å²) < 4.78 is 0. The Kier molecular flexibility index (Phi) is 2.05. The van der Waals surface area contributed by atoms with Crippen LogP contribution < -0.4 is 0 Å². The Morgan fingerprint density at radius 3 is 3.08 bits per heavy atom. The van der Waals surface area contributed by atoms with Crippen molar-refractivity contribution in [3.63, 3.8) is 0 Å². The molecule has 1 nitrogen and oxygen atoms in total. The van der Waals surface area contributed by atoms with E-state index in [0.717, 1.165) is 5.88 Å². The van der Waals surface area contributed by atoms with Gasteiger partial charge in [-0.1, -0.05) is 0 Å². The number of aryl methyl sites for hydroxylation is 1. The fraction of sp³-hybridized carbons (Fsp3) is 0.500. The first-order valence-electron chi connectivity index (χ1n) is 4.29. The normalized spacial score (nSPS) is 27.2. The number of halogens is 1. The van der Waals surface area contributed by atoms with Crippen molar-refractivity contribution in [1.29, 1.82) is 0 Å². The molecule has 1 aliphatic carbocycles. The summed E-state index contributed by atoms with van der Waals surface area (Å²) in [5.41, 5.74) is 2.74. The van der Waals surface area contributed by atoms with Gasteiger partial charge in [-0.3, -0.25) is 4.98 Å². The van der Waals surface area contributed by atoms with Gasteiger partial charge in [-0.05, 0) is 42.4 Å².